The van der Waals surface area contributed by atoms with Crippen molar-refractivity contribution in [3.63, 3.8) is 0 Å². The smallest absolute Gasteiger partial charge is 0.323 e. The maximum atomic E-state index is 11.6. The van der Waals surface area contributed by atoms with Crippen molar-refractivity contribution in [1.29, 1.82) is 0 Å². The van der Waals surface area contributed by atoms with Crippen LogP contribution < -0.4 is 10.6 Å². The first kappa shape index (κ1) is 13.9. The zero-order chi connectivity index (χ0) is 13.7. The normalized spacial score (nSPS) is 16.4. The fourth-order valence-electron chi connectivity index (χ4n) is 2.52. The summed E-state index contributed by atoms with van der Waals surface area (Å²) in [6.07, 6.45) is 3.00. The molecule has 4 nitrogen and oxygen atoms in total. The minimum absolute atomic E-state index is 0.321. The number of para-hydroxylation sites is 1. The Kier molecular flexibility index (Phi) is 4.80. The van der Waals surface area contributed by atoms with Crippen LogP contribution >= 0.6 is 0 Å². The average Bonchev–Trinajstić information content (AvgIpc) is 2.93. The van der Waals surface area contributed by atoms with Crippen molar-refractivity contribution in [3.8, 4) is 0 Å². The lowest BCUT2D eigenvalue weighted by Crippen LogP contribution is -2.35. The highest BCUT2D eigenvalue weighted by atomic mass is 16.5. The van der Waals surface area contributed by atoms with Gasteiger partial charge in [0.1, 0.15) is 6.04 Å². The predicted octanol–water partition coefficient (Wildman–Crippen LogP) is 1.72. The van der Waals surface area contributed by atoms with Gasteiger partial charge in [0.2, 0.25) is 0 Å². The summed E-state index contributed by atoms with van der Waals surface area (Å²) in [5, 5.41) is 0. The fraction of sp³-hybridized carbons (Fsp3) is 0.533. The van der Waals surface area contributed by atoms with Gasteiger partial charge in [0.05, 0.1) is 6.61 Å². The Bertz CT molecular complexity index is 428. The number of nitrogens with two attached hydrogens (primary N) is 1. The van der Waals surface area contributed by atoms with Crippen LogP contribution in [0, 0.1) is 0 Å². The van der Waals surface area contributed by atoms with E-state index in [-0.39, 0.29) is 5.97 Å². The van der Waals surface area contributed by atoms with E-state index in [1.165, 1.54) is 18.5 Å². The molecule has 0 bridgehead atoms. The molecule has 104 valence electrons. The molecule has 0 aromatic heterocycles. The molecule has 19 heavy (non-hydrogen) atoms. The average molecular weight is 262 g/mol. The molecule has 1 saturated heterocycles. The van der Waals surface area contributed by atoms with Crippen molar-refractivity contribution in [2.45, 2.75) is 32.2 Å². The zero-order valence-corrected chi connectivity index (χ0v) is 11.5. The summed E-state index contributed by atoms with van der Waals surface area (Å²) in [5.41, 5.74) is 8.25. The van der Waals surface area contributed by atoms with E-state index in [0.29, 0.717) is 13.0 Å². The number of esters is 1. The highest BCUT2D eigenvalue weighted by molar-refractivity contribution is 5.76. The third kappa shape index (κ3) is 3.47. The number of carbonyl (C=O) groups is 1. The Balaban J connectivity index is 2.09. The summed E-state index contributed by atoms with van der Waals surface area (Å²) in [5.74, 6) is -0.321. The summed E-state index contributed by atoms with van der Waals surface area (Å²) in [7, 11) is 0. The summed E-state index contributed by atoms with van der Waals surface area (Å²) >= 11 is 0. The van der Waals surface area contributed by atoms with Gasteiger partial charge in [0, 0.05) is 25.2 Å². The maximum absolute atomic E-state index is 11.6. The molecule has 1 fully saturated rings. The lowest BCUT2D eigenvalue weighted by molar-refractivity contribution is -0.144. The molecule has 1 atom stereocenters. The number of hydrogen-bond donors (Lipinski definition) is 1. The first-order valence-corrected chi connectivity index (χ1v) is 6.97. The number of benzene rings is 1. The summed E-state index contributed by atoms with van der Waals surface area (Å²) in [4.78, 5) is 14.0. The van der Waals surface area contributed by atoms with E-state index in [0.717, 1.165) is 18.7 Å². The van der Waals surface area contributed by atoms with Gasteiger partial charge in [-0.15, -0.1) is 0 Å². The second kappa shape index (κ2) is 6.57. The molecule has 1 unspecified atom stereocenters. The highest BCUT2D eigenvalue weighted by Gasteiger charge is 2.20. The predicted molar refractivity (Wildman–Crippen MR) is 76.2 cm³/mol. The van der Waals surface area contributed by atoms with E-state index in [4.69, 9.17) is 10.5 Å². The Hall–Kier alpha value is -1.55. The topological polar surface area (TPSA) is 55.6 Å². The Morgan fingerprint density at radius 2 is 2.05 bits per heavy atom. The van der Waals surface area contributed by atoms with Crippen LogP contribution in [0.1, 0.15) is 25.3 Å². The number of carbonyl (C=O) groups excluding carboxylic acids is 1. The number of nitrogens with zero attached hydrogens (tertiary/aromatic N) is 1. The van der Waals surface area contributed by atoms with Crippen LogP contribution in [0.3, 0.4) is 0 Å². The van der Waals surface area contributed by atoms with Crippen LogP contribution in [0.5, 0.6) is 0 Å². The first-order chi connectivity index (χ1) is 9.22. The number of hydrogen-bond acceptors (Lipinski definition) is 4. The Morgan fingerprint density at radius 3 is 2.74 bits per heavy atom. The summed E-state index contributed by atoms with van der Waals surface area (Å²) in [6.45, 7) is 4.35. The van der Waals surface area contributed by atoms with Crippen LogP contribution in [-0.4, -0.2) is 31.7 Å². The van der Waals surface area contributed by atoms with Crippen LogP contribution in [0.15, 0.2) is 24.3 Å². The van der Waals surface area contributed by atoms with E-state index < -0.39 is 6.04 Å². The standard InChI is InChI=1S/C15H22N2O2/c1-2-19-15(18)13(16)11-12-7-3-4-8-14(12)17-9-5-6-10-17/h3-4,7-8,13H,2,5-6,9-11,16H2,1H3. The van der Waals surface area contributed by atoms with Gasteiger partial charge in [-0.1, -0.05) is 18.2 Å². The van der Waals surface area contributed by atoms with Gasteiger partial charge in [-0.05, 0) is 31.4 Å². The second-order valence-corrected chi connectivity index (χ2v) is 4.89. The van der Waals surface area contributed by atoms with Gasteiger partial charge in [-0.3, -0.25) is 4.79 Å². The van der Waals surface area contributed by atoms with Gasteiger partial charge in [0.15, 0.2) is 0 Å². The third-order valence-corrected chi connectivity index (χ3v) is 3.47. The van der Waals surface area contributed by atoms with Crippen LogP contribution in [0.25, 0.3) is 0 Å². The molecule has 4 heteroatoms. The second-order valence-electron chi connectivity index (χ2n) is 4.89. The first-order valence-electron chi connectivity index (χ1n) is 6.97. The quantitative estimate of drug-likeness (QED) is 0.821. The molecular weight excluding hydrogens is 240 g/mol. The monoisotopic (exact) mass is 262 g/mol. The highest BCUT2D eigenvalue weighted by Crippen LogP contribution is 2.25. The minimum atomic E-state index is -0.580. The molecule has 0 radical (unpaired) electrons. The van der Waals surface area contributed by atoms with E-state index >= 15 is 0 Å². The SMILES string of the molecule is CCOC(=O)C(N)Cc1ccccc1N1CCCC1. The van der Waals surface area contributed by atoms with Crippen LogP contribution in [0.4, 0.5) is 5.69 Å². The van der Waals surface area contributed by atoms with Crippen LogP contribution in [0.2, 0.25) is 0 Å². The molecule has 1 aromatic rings. The molecule has 1 aromatic carbocycles. The summed E-state index contributed by atoms with van der Waals surface area (Å²) in [6, 6.07) is 7.61. The number of anilines is 1. The number of ether oxygens (including phenoxy) is 1. The molecule has 0 aliphatic carbocycles. The van der Waals surface area contributed by atoms with E-state index in [1.54, 1.807) is 6.92 Å². The van der Waals surface area contributed by atoms with E-state index in [2.05, 4.69) is 11.0 Å². The minimum Gasteiger partial charge on any atom is -0.465 e. The number of rotatable bonds is 5. The molecule has 1 aliphatic rings. The van der Waals surface area contributed by atoms with Gasteiger partial charge in [-0.25, -0.2) is 0 Å². The summed E-state index contributed by atoms with van der Waals surface area (Å²) < 4.78 is 4.96. The molecule has 1 aliphatic heterocycles. The molecule has 0 saturated carbocycles. The Labute approximate surface area is 114 Å². The van der Waals surface area contributed by atoms with Gasteiger partial charge < -0.3 is 15.4 Å². The fourth-order valence-corrected chi connectivity index (χ4v) is 2.52. The van der Waals surface area contributed by atoms with Crippen molar-refractivity contribution in [2.24, 2.45) is 5.73 Å². The van der Waals surface area contributed by atoms with Crippen molar-refractivity contribution in [2.75, 3.05) is 24.6 Å². The zero-order valence-electron chi connectivity index (χ0n) is 11.5. The lowest BCUT2D eigenvalue weighted by atomic mass is 10.0. The maximum Gasteiger partial charge on any atom is 0.323 e. The largest absolute Gasteiger partial charge is 0.465 e. The van der Waals surface area contributed by atoms with E-state index in [1.807, 2.05) is 18.2 Å². The molecule has 2 N–H and O–H groups in total. The molecule has 0 spiro atoms. The third-order valence-electron chi connectivity index (χ3n) is 3.47. The Morgan fingerprint density at radius 1 is 1.37 bits per heavy atom. The van der Waals surface area contributed by atoms with Crippen molar-refractivity contribution in [1.82, 2.24) is 0 Å². The molecule has 0 amide bonds. The van der Waals surface area contributed by atoms with Crippen molar-refractivity contribution >= 4 is 11.7 Å². The lowest BCUT2D eigenvalue weighted by Gasteiger charge is -2.22. The molecule has 1 heterocycles. The van der Waals surface area contributed by atoms with Gasteiger partial charge in [0.25, 0.3) is 0 Å². The molecule has 2 rings (SSSR count). The molecular formula is C15H22N2O2. The van der Waals surface area contributed by atoms with Gasteiger partial charge in [-0.2, -0.15) is 0 Å². The van der Waals surface area contributed by atoms with Crippen molar-refractivity contribution < 1.29 is 9.53 Å². The van der Waals surface area contributed by atoms with Crippen molar-refractivity contribution in [3.05, 3.63) is 29.8 Å². The van der Waals surface area contributed by atoms with Crippen LogP contribution in [-0.2, 0) is 16.0 Å². The van der Waals surface area contributed by atoms with Gasteiger partial charge >= 0.3 is 5.97 Å². The van der Waals surface area contributed by atoms with E-state index in [9.17, 15) is 4.79 Å².